The Morgan fingerprint density at radius 1 is 0.741 bits per heavy atom. The number of amides is 2. The molecule has 0 radical (unpaired) electrons. The van der Waals surface area contributed by atoms with Crippen molar-refractivity contribution >= 4 is 23.5 Å². The molecule has 11 N–H and O–H groups in total. The summed E-state index contributed by atoms with van der Waals surface area (Å²) in [5, 5.41) is 90.6. The molecule has 1 aromatic carbocycles. The van der Waals surface area contributed by atoms with E-state index in [1.165, 1.54) is 0 Å². The van der Waals surface area contributed by atoms with E-state index in [2.05, 4.69) is 16.0 Å². The van der Waals surface area contributed by atoms with Crippen molar-refractivity contribution in [2.75, 3.05) is 38.3 Å². The predicted octanol–water partition coefficient (Wildman–Crippen LogP) is -6.67. The van der Waals surface area contributed by atoms with E-state index in [1.54, 1.807) is 6.92 Å². The summed E-state index contributed by atoms with van der Waals surface area (Å²) in [6, 6.07) is -2.83. The molecule has 3 saturated heterocycles. The zero-order valence-corrected chi connectivity index (χ0v) is 29.4. The highest BCUT2D eigenvalue weighted by Gasteiger charge is 2.54. The summed E-state index contributed by atoms with van der Waals surface area (Å²) in [6.45, 7) is 2.50. The largest absolute Gasteiger partial charge is 0.488 e. The molecule has 4 rings (SSSR count). The van der Waals surface area contributed by atoms with Gasteiger partial charge < -0.3 is 90.0 Å². The van der Waals surface area contributed by atoms with Gasteiger partial charge in [-0.1, -0.05) is 0 Å². The average Bonchev–Trinajstić information content (AvgIpc) is 3.12. The van der Waals surface area contributed by atoms with Gasteiger partial charge in [0.1, 0.15) is 72.7 Å². The molecule has 2 amide bonds. The molecule has 23 nitrogen and oxygen atoms in total. The van der Waals surface area contributed by atoms with Gasteiger partial charge in [-0.05, 0) is 13.3 Å². The first-order valence-electron chi connectivity index (χ1n) is 17.0. The van der Waals surface area contributed by atoms with Gasteiger partial charge in [-0.25, -0.2) is 4.79 Å². The second-order valence-electron chi connectivity index (χ2n) is 12.8. The maximum Gasteiger partial charge on any atom is 0.335 e. The number of ether oxygens (including phenoxy) is 7. The van der Waals surface area contributed by atoms with E-state index < -0.39 is 134 Å². The van der Waals surface area contributed by atoms with Gasteiger partial charge in [-0.15, -0.1) is 0 Å². The molecule has 23 heteroatoms. The van der Waals surface area contributed by atoms with Crippen LogP contribution in [0.1, 0.15) is 27.2 Å². The minimum absolute atomic E-state index is 0.0118. The van der Waals surface area contributed by atoms with Crippen LogP contribution in [0.5, 0.6) is 5.75 Å². The van der Waals surface area contributed by atoms with E-state index in [0.29, 0.717) is 0 Å². The highest BCUT2D eigenvalue weighted by molar-refractivity contribution is 5.74. The fraction of sp³-hybridized carbons (Fsp3) is 0.774. The highest BCUT2D eigenvalue weighted by atomic mass is 16.7. The predicted molar refractivity (Wildman–Crippen MR) is 174 cm³/mol. The third kappa shape index (κ3) is 9.68. The van der Waals surface area contributed by atoms with Crippen LogP contribution < -0.4 is 31.5 Å². The summed E-state index contributed by atoms with van der Waals surface area (Å²) in [5.41, 5.74) is -1.55. The molecule has 54 heavy (non-hydrogen) atoms. The lowest BCUT2D eigenvalue weighted by Crippen LogP contribution is -2.69. The summed E-state index contributed by atoms with van der Waals surface area (Å²) < 4.78 is 39.4. The second-order valence-corrected chi connectivity index (χ2v) is 12.8. The number of hydrogen-bond donors (Lipinski definition) is 11. The van der Waals surface area contributed by atoms with Crippen molar-refractivity contribution in [1.82, 2.24) is 10.6 Å². The number of carbonyl (C=O) groups excluding carboxylic acids is 2. The molecule has 0 unspecified atom stereocenters. The molecule has 3 fully saturated rings. The van der Waals surface area contributed by atoms with Crippen molar-refractivity contribution < 1.29 is 88.4 Å². The maximum atomic E-state index is 12.4. The van der Waals surface area contributed by atoms with Crippen LogP contribution in [0.25, 0.3) is 0 Å². The van der Waals surface area contributed by atoms with E-state index in [4.69, 9.17) is 33.2 Å². The van der Waals surface area contributed by atoms with Gasteiger partial charge in [-0.3, -0.25) is 19.2 Å². The Labute approximate surface area is 306 Å². The smallest absolute Gasteiger partial charge is 0.335 e. The number of carbonyl (C=O) groups is 3. The number of aliphatic hydroxyl groups is 7. The van der Waals surface area contributed by atoms with Crippen molar-refractivity contribution in [3.63, 3.8) is 0 Å². The van der Waals surface area contributed by atoms with Crippen LogP contribution in [-0.4, -0.2) is 184 Å². The van der Waals surface area contributed by atoms with E-state index in [1.807, 2.05) is 0 Å². The standard InChI is InChI=1S/C31H47N3O20/c1-4-48-25-14(19(40)22(25)43)32-6-5-7-49-30-16(34-11(3)37)26(53-31-24(45)21(42)23(44)27(54-31)28(46)47)18(39)13(52-30)9-50-29-15(33-10(2)36)20(41)17(38)12(8-35)51-29/h12-13,15-18,20-21,23-24,26-27,29-32,35,38-39,41-42,44-45H,4-9H2,1-3H3,(H,33,36)(H,34,37)(H,46,47)/t12-,13-,15-,16-,17+,18+,20-,21+,23+,24-,26-,27+,29-,30-,31-/m1/s1. The topological polar surface area (TPSA) is 348 Å². The van der Waals surface area contributed by atoms with Crippen molar-refractivity contribution in [3.8, 4) is 5.75 Å². The SMILES string of the molecule is CCOc1c(NCCCO[C@@H]2O[C@H](CO[C@@H]3O[C@H](CO)[C@H](O)[C@H](O)[C@H]3NC(C)=O)[C@H](O)[C@H](O[C@@H]3O[C@H](C(=O)O)[C@@H](O)[C@H](O)[C@H]3O)[C@H]2NC(C)=O)c(=O)c1=O. The molecule has 0 spiro atoms. The number of hydrogen-bond acceptors (Lipinski definition) is 20. The van der Waals surface area contributed by atoms with Gasteiger partial charge in [-0.2, -0.15) is 0 Å². The van der Waals surface area contributed by atoms with E-state index in [0.717, 1.165) is 13.8 Å². The van der Waals surface area contributed by atoms with Gasteiger partial charge in [0.25, 0.3) is 10.9 Å². The fourth-order valence-corrected chi connectivity index (χ4v) is 6.17. The number of anilines is 1. The summed E-state index contributed by atoms with van der Waals surface area (Å²) in [6.07, 6.45) is -23.0. The van der Waals surface area contributed by atoms with Crippen LogP contribution in [0.3, 0.4) is 0 Å². The molecule has 0 aromatic heterocycles. The second kappa shape index (κ2) is 18.9. The van der Waals surface area contributed by atoms with Gasteiger partial charge >= 0.3 is 5.97 Å². The Kier molecular flexibility index (Phi) is 15.2. The average molecular weight is 782 g/mol. The van der Waals surface area contributed by atoms with E-state index in [9.17, 15) is 64.8 Å². The highest BCUT2D eigenvalue weighted by Crippen LogP contribution is 2.31. The molecule has 306 valence electrons. The Bertz CT molecular complexity index is 1510. The quantitative estimate of drug-likeness (QED) is 0.0517. The number of aliphatic hydroxyl groups excluding tert-OH is 7. The summed E-state index contributed by atoms with van der Waals surface area (Å²) in [5.74, 6) is -3.17. The van der Waals surface area contributed by atoms with Crippen LogP contribution in [0, 0.1) is 0 Å². The number of aliphatic carboxylic acids is 1. The minimum atomic E-state index is -2.09. The molecule has 0 saturated carbocycles. The summed E-state index contributed by atoms with van der Waals surface area (Å²) in [7, 11) is 0. The molecule has 3 aliphatic rings. The van der Waals surface area contributed by atoms with Crippen molar-refractivity contribution in [2.45, 2.75) is 119 Å². The van der Waals surface area contributed by atoms with Crippen LogP contribution >= 0.6 is 0 Å². The van der Waals surface area contributed by atoms with E-state index in [-0.39, 0.29) is 37.6 Å². The minimum Gasteiger partial charge on any atom is -0.488 e. The Hall–Kier alpha value is -3.43. The first-order valence-corrected chi connectivity index (χ1v) is 17.0. The molecule has 15 atom stereocenters. The Morgan fingerprint density at radius 3 is 1.98 bits per heavy atom. The molecular weight excluding hydrogens is 734 g/mol. The monoisotopic (exact) mass is 781 g/mol. The Balaban J connectivity index is 1.57. The fourth-order valence-electron chi connectivity index (χ4n) is 6.17. The Morgan fingerprint density at radius 2 is 1.37 bits per heavy atom. The first-order chi connectivity index (χ1) is 25.5. The van der Waals surface area contributed by atoms with Crippen LogP contribution in [0.2, 0.25) is 0 Å². The van der Waals surface area contributed by atoms with Gasteiger partial charge in [0, 0.05) is 20.4 Å². The molecule has 3 heterocycles. The van der Waals surface area contributed by atoms with Gasteiger partial charge in [0.15, 0.2) is 30.7 Å². The normalized spacial score (nSPS) is 37.0. The summed E-state index contributed by atoms with van der Waals surface area (Å²) >= 11 is 0. The zero-order valence-electron chi connectivity index (χ0n) is 29.4. The number of carboxylic acid groups (broad SMARTS) is 1. The van der Waals surface area contributed by atoms with Crippen LogP contribution in [0.4, 0.5) is 5.69 Å². The third-order valence-corrected chi connectivity index (χ3v) is 8.88. The summed E-state index contributed by atoms with van der Waals surface area (Å²) in [4.78, 5) is 59.7. The third-order valence-electron chi connectivity index (χ3n) is 8.88. The number of nitrogens with one attached hydrogen (secondary N) is 3. The van der Waals surface area contributed by atoms with E-state index >= 15 is 0 Å². The van der Waals surface area contributed by atoms with Crippen molar-refractivity contribution in [1.29, 1.82) is 0 Å². The number of carboxylic acids is 1. The zero-order chi connectivity index (χ0) is 40.0. The van der Waals surface area contributed by atoms with Crippen LogP contribution in [0.15, 0.2) is 9.59 Å². The lowest BCUT2D eigenvalue weighted by atomic mass is 9.95. The maximum absolute atomic E-state index is 12.4. The molecule has 0 aliphatic carbocycles. The van der Waals surface area contributed by atoms with Gasteiger partial charge in [0.2, 0.25) is 11.8 Å². The molecular formula is C31H47N3O20. The van der Waals surface area contributed by atoms with Crippen molar-refractivity contribution in [2.24, 2.45) is 0 Å². The molecule has 3 aliphatic heterocycles. The molecule has 1 aromatic rings. The van der Waals surface area contributed by atoms with Gasteiger partial charge in [0.05, 0.1) is 26.4 Å². The lowest BCUT2D eigenvalue weighted by molar-refractivity contribution is -0.345. The van der Waals surface area contributed by atoms with Crippen molar-refractivity contribution in [3.05, 3.63) is 20.4 Å². The first kappa shape index (κ1) is 43.3. The number of rotatable bonds is 17. The molecule has 0 bridgehead atoms. The van der Waals surface area contributed by atoms with Crippen LogP contribution in [-0.2, 0) is 42.8 Å². The lowest BCUT2D eigenvalue weighted by Gasteiger charge is -2.48.